The van der Waals surface area contributed by atoms with Crippen LogP contribution in [0.4, 0.5) is 23.7 Å². The van der Waals surface area contributed by atoms with E-state index < -0.39 is 48.4 Å². The number of fused-ring (bicyclic) bond motifs is 2. The molecule has 5 unspecified atom stereocenters. The highest BCUT2D eigenvalue weighted by Crippen LogP contribution is 2.33. The molecule has 0 radical (unpaired) electrons. The van der Waals surface area contributed by atoms with Gasteiger partial charge in [0.15, 0.2) is 6.29 Å². The van der Waals surface area contributed by atoms with E-state index in [2.05, 4.69) is 10.6 Å². The average molecular weight is 458 g/mol. The Labute approximate surface area is 182 Å². The third-order valence-corrected chi connectivity index (χ3v) is 6.06. The van der Waals surface area contributed by atoms with Crippen LogP contribution >= 0.6 is 0 Å². The van der Waals surface area contributed by atoms with E-state index >= 15 is 0 Å². The Morgan fingerprint density at radius 3 is 2.56 bits per heavy atom. The number of hydrogen-bond acceptors (Lipinski definition) is 6. The molecule has 1 aromatic carbocycles. The van der Waals surface area contributed by atoms with E-state index in [1.54, 1.807) is 4.90 Å². The van der Waals surface area contributed by atoms with Gasteiger partial charge >= 0.3 is 12.2 Å². The highest BCUT2D eigenvalue weighted by molar-refractivity contribution is 5.89. The first-order valence-electron chi connectivity index (χ1n) is 10.3. The number of amides is 3. The average Bonchev–Trinajstić information content (AvgIpc) is 3.16. The fraction of sp³-hybridized carbons (Fsp3) is 0.600. The molecule has 3 amide bonds. The molecule has 9 nitrogen and oxygen atoms in total. The molecule has 1 aromatic rings. The Balaban J connectivity index is 1.41. The zero-order chi connectivity index (χ0) is 23.0. The fourth-order valence-electron chi connectivity index (χ4n) is 4.39. The van der Waals surface area contributed by atoms with Crippen molar-refractivity contribution >= 4 is 17.6 Å². The number of ether oxygens (including phenoxy) is 2. The maximum atomic E-state index is 12.9. The highest BCUT2D eigenvalue weighted by atomic mass is 19.4. The molecule has 3 N–H and O–H groups in total. The quantitative estimate of drug-likeness (QED) is 0.621. The normalized spacial score (nSPS) is 30.8. The summed E-state index contributed by atoms with van der Waals surface area (Å²) in [4.78, 5) is 27.7. The third-order valence-electron chi connectivity index (χ3n) is 6.06. The number of carbonyl (C=O) groups excluding carboxylic acids is 2. The molecule has 0 saturated carbocycles. The molecule has 3 fully saturated rings. The standard InChI is InChI=1S/C20H25F3N4O5/c1-11(28)26-5-7-27(8-6-26)16-17(29)15(14-10-31-18(16)32-14)25-19(30)24-13-4-2-3-12(9-13)20(21,22)23/h2-4,9,14-18,29H,5-8,10H2,1H3,(H2,24,25,30). The number of anilines is 1. The highest BCUT2D eigenvalue weighted by Gasteiger charge is 2.53. The van der Waals surface area contributed by atoms with Crippen molar-refractivity contribution in [3.8, 4) is 0 Å². The lowest BCUT2D eigenvalue weighted by molar-refractivity contribution is -0.185. The monoisotopic (exact) mass is 458 g/mol. The van der Waals surface area contributed by atoms with E-state index in [0.29, 0.717) is 26.2 Å². The van der Waals surface area contributed by atoms with Gasteiger partial charge in [0.25, 0.3) is 0 Å². The summed E-state index contributed by atoms with van der Waals surface area (Å²) in [7, 11) is 0. The summed E-state index contributed by atoms with van der Waals surface area (Å²) in [5.74, 6) is -0.0203. The van der Waals surface area contributed by atoms with Crippen molar-refractivity contribution < 1.29 is 37.3 Å². The molecule has 2 bridgehead atoms. The van der Waals surface area contributed by atoms with Crippen molar-refractivity contribution in [2.24, 2.45) is 0 Å². The van der Waals surface area contributed by atoms with E-state index in [0.717, 1.165) is 12.1 Å². The van der Waals surface area contributed by atoms with Crippen LogP contribution in [0.1, 0.15) is 12.5 Å². The smallest absolute Gasteiger partial charge is 0.389 e. The minimum absolute atomic E-state index is 0.0203. The second kappa shape index (κ2) is 8.85. The number of alkyl halides is 3. The Morgan fingerprint density at radius 2 is 1.91 bits per heavy atom. The van der Waals surface area contributed by atoms with Gasteiger partial charge < -0.3 is 30.1 Å². The molecular weight excluding hydrogens is 433 g/mol. The molecule has 176 valence electrons. The van der Waals surface area contributed by atoms with Gasteiger partial charge in [0, 0.05) is 38.8 Å². The summed E-state index contributed by atoms with van der Waals surface area (Å²) in [5.41, 5.74) is -0.908. The molecule has 4 rings (SSSR count). The van der Waals surface area contributed by atoms with Gasteiger partial charge in [-0.15, -0.1) is 0 Å². The van der Waals surface area contributed by atoms with Crippen LogP contribution in [0.25, 0.3) is 0 Å². The summed E-state index contributed by atoms with van der Waals surface area (Å²) >= 11 is 0. The number of aliphatic hydroxyl groups is 1. The summed E-state index contributed by atoms with van der Waals surface area (Å²) < 4.78 is 50.2. The van der Waals surface area contributed by atoms with Crippen LogP contribution in [0.15, 0.2) is 24.3 Å². The van der Waals surface area contributed by atoms with Gasteiger partial charge in [-0.3, -0.25) is 9.69 Å². The molecule has 3 aliphatic rings. The summed E-state index contributed by atoms with van der Waals surface area (Å²) in [6.07, 6.45) is -6.81. The first kappa shape index (κ1) is 22.8. The van der Waals surface area contributed by atoms with Crippen molar-refractivity contribution in [1.29, 1.82) is 0 Å². The zero-order valence-corrected chi connectivity index (χ0v) is 17.3. The molecule has 3 aliphatic heterocycles. The van der Waals surface area contributed by atoms with Gasteiger partial charge in [-0.1, -0.05) is 6.07 Å². The Hall–Kier alpha value is -2.41. The minimum Gasteiger partial charge on any atom is -0.389 e. The number of piperazine rings is 1. The number of rotatable bonds is 3. The lowest BCUT2D eigenvalue weighted by atomic mass is 9.94. The maximum Gasteiger partial charge on any atom is 0.416 e. The van der Waals surface area contributed by atoms with Crippen molar-refractivity contribution in [3.05, 3.63) is 29.8 Å². The number of nitrogens with one attached hydrogen (secondary N) is 2. The molecule has 3 saturated heterocycles. The minimum atomic E-state index is -4.53. The molecule has 32 heavy (non-hydrogen) atoms. The third kappa shape index (κ3) is 4.68. The SMILES string of the molecule is CC(=O)N1CCN(C2C3OCC(O3)C(NC(=O)Nc3cccc(C(F)(F)F)c3)C2O)CC1. The van der Waals surface area contributed by atoms with E-state index in [1.807, 2.05) is 4.90 Å². The van der Waals surface area contributed by atoms with Crippen LogP contribution in [-0.2, 0) is 20.4 Å². The Morgan fingerprint density at radius 1 is 1.19 bits per heavy atom. The van der Waals surface area contributed by atoms with Gasteiger partial charge in [-0.05, 0) is 18.2 Å². The predicted molar refractivity (Wildman–Crippen MR) is 106 cm³/mol. The van der Waals surface area contributed by atoms with Gasteiger partial charge in [0.2, 0.25) is 5.91 Å². The summed E-state index contributed by atoms with van der Waals surface area (Å²) in [6.45, 7) is 3.70. The molecule has 0 aromatic heterocycles. The van der Waals surface area contributed by atoms with Crippen molar-refractivity contribution in [2.45, 2.75) is 43.7 Å². The zero-order valence-electron chi connectivity index (χ0n) is 17.3. The summed E-state index contributed by atoms with van der Waals surface area (Å²) in [6, 6.07) is 2.14. The molecule has 0 aliphatic carbocycles. The topological polar surface area (TPSA) is 103 Å². The second-order valence-electron chi connectivity index (χ2n) is 8.10. The van der Waals surface area contributed by atoms with Crippen LogP contribution in [0.5, 0.6) is 0 Å². The van der Waals surface area contributed by atoms with Crippen LogP contribution in [-0.4, -0.2) is 90.2 Å². The Kier molecular flexibility index (Phi) is 6.30. The van der Waals surface area contributed by atoms with Crippen LogP contribution < -0.4 is 10.6 Å². The van der Waals surface area contributed by atoms with E-state index in [4.69, 9.17) is 9.47 Å². The van der Waals surface area contributed by atoms with Gasteiger partial charge in [-0.2, -0.15) is 13.2 Å². The van der Waals surface area contributed by atoms with E-state index in [-0.39, 0.29) is 18.2 Å². The van der Waals surface area contributed by atoms with Crippen LogP contribution in [0.3, 0.4) is 0 Å². The lowest BCUT2D eigenvalue weighted by Gasteiger charge is -2.46. The number of carbonyl (C=O) groups is 2. The molecule has 12 heteroatoms. The maximum absolute atomic E-state index is 12.9. The number of benzene rings is 1. The molecular formula is C20H25F3N4O5. The lowest BCUT2D eigenvalue weighted by Crippen LogP contribution is -2.67. The van der Waals surface area contributed by atoms with Crippen LogP contribution in [0, 0.1) is 0 Å². The molecule has 5 atom stereocenters. The van der Waals surface area contributed by atoms with Gasteiger partial charge in [0.1, 0.15) is 6.10 Å². The number of aliphatic hydroxyl groups excluding tert-OH is 1. The Bertz CT molecular complexity index is 862. The fourth-order valence-corrected chi connectivity index (χ4v) is 4.39. The second-order valence-corrected chi connectivity index (χ2v) is 8.10. The molecule has 0 spiro atoms. The van der Waals surface area contributed by atoms with Gasteiger partial charge in [-0.25, -0.2) is 4.79 Å². The van der Waals surface area contributed by atoms with E-state index in [9.17, 15) is 27.9 Å². The summed E-state index contributed by atoms with van der Waals surface area (Å²) in [5, 5.41) is 16.0. The number of urea groups is 1. The van der Waals surface area contributed by atoms with E-state index in [1.165, 1.54) is 19.1 Å². The predicted octanol–water partition coefficient (Wildman–Crippen LogP) is 0.844. The number of halogens is 3. The van der Waals surface area contributed by atoms with Crippen molar-refractivity contribution in [1.82, 2.24) is 15.1 Å². The first-order chi connectivity index (χ1) is 15.1. The largest absolute Gasteiger partial charge is 0.416 e. The van der Waals surface area contributed by atoms with Crippen molar-refractivity contribution in [2.75, 3.05) is 38.1 Å². The van der Waals surface area contributed by atoms with Gasteiger partial charge in [0.05, 0.1) is 30.4 Å². The number of nitrogens with zero attached hydrogens (tertiary/aromatic N) is 2. The number of hydrogen-bond donors (Lipinski definition) is 3. The van der Waals surface area contributed by atoms with Crippen molar-refractivity contribution in [3.63, 3.8) is 0 Å². The van der Waals surface area contributed by atoms with Crippen LogP contribution in [0.2, 0.25) is 0 Å². The molecule has 3 heterocycles. The first-order valence-corrected chi connectivity index (χ1v) is 10.3.